The van der Waals surface area contributed by atoms with Crippen molar-refractivity contribution < 1.29 is 22.7 Å². The molecule has 0 saturated carbocycles. The highest BCUT2D eigenvalue weighted by Crippen LogP contribution is 2.35. The predicted octanol–water partition coefficient (Wildman–Crippen LogP) is 3.78. The Morgan fingerprint density at radius 3 is 2.76 bits per heavy atom. The second-order valence-electron chi connectivity index (χ2n) is 7.76. The molecule has 1 amide bonds. The summed E-state index contributed by atoms with van der Waals surface area (Å²) in [5.41, 5.74) is 0.552. The third-order valence-electron chi connectivity index (χ3n) is 5.30. The van der Waals surface area contributed by atoms with E-state index in [1.54, 1.807) is 11.0 Å². The number of carbonyl (C=O) groups excluding carboxylic acids is 1. The topological polar surface area (TPSA) is 91.4 Å². The molecule has 0 aliphatic carbocycles. The quantitative estimate of drug-likeness (QED) is 0.459. The average molecular weight is 467 g/mol. The third-order valence-corrected chi connectivity index (χ3v) is 5.30. The second kappa shape index (κ2) is 11.2. The number of alkyl halides is 3. The second-order valence-corrected chi connectivity index (χ2v) is 7.76. The van der Waals surface area contributed by atoms with E-state index in [0.717, 1.165) is 24.6 Å². The molecule has 1 saturated heterocycles. The maximum Gasteiger partial charge on any atom is 0.421 e. The van der Waals surface area contributed by atoms with Crippen molar-refractivity contribution in [2.75, 3.05) is 44.4 Å². The van der Waals surface area contributed by atoms with E-state index in [1.807, 2.05) is 19.2 Å². The molecule has 1 aromatic heterocycles. The van der Waals surface area contributed by atoms with Gasteiger partial charge in [-0.15, -0.1) is 0 Å². The average Bonchev–Trinajstić information content (AvgIpc) is 2.78. The maximum absolute atomic E-state index is 13.5. The molecule has 1 aromatic carbocycles. The van der Waals surface area contributed by atoms with Gasteiger partial charge in [-0.3, -0.25) is 4.79 Å². The minimum absolute atomic E-state index is 0.0108. The van der Waals surface area contributed by atoms with Crippen molar-refractivity contribution in [1.29, 1.82) is 0 Å². The van der Waals surface area contributed by atoms with Crippen molar-refractivity contribution in [3.05, 3.63) is 35.5 Å². The highest BCUT2D eigenvalue weighted by molar-refractivity contribution is 5.76. The van der Waals surface area contributed by atoms with Gasteiger partial charge >= 0.3 is 6.18 Å². The van der Waals surface area contributed by atoms with E-state index < -0.39 is 11.7 Å². The predicted molar refractivity (Wildman–Crippen MR) is 120 cm³/mol. The lowest BCUT2D eigenvalue weighted by atomic mass is 10.1. The first kappa shape index (κ1) is 24.6. The summed E-state index contributed by atoms with van der Waals surface area (Å²) in [4.78, 5) is 21.6. The number of nitrogens with one attached hydrogen (secondary N) is 3. The van der Waals surface area contributed by atoms with Gasteiger partial charge in [0.05, 0.1) is 12.8 Å². The molecule has 180 valence electrons. The molecule has 1 fully saturated rings. The first-order valence-electron chi connectivity index (χ1n) is 10.9. The van der Waals surface area contributed by atoms with Gasteiger partial charge in [-0.1, -0.05) is 6.07 Å². The monoisotopic (exact) mass is 466 g/mol. The fourth-order valence-corrected chi connectivity index (χ4v) is 3.65. The van der Waals surface area contributed by atoms with Crippen molar-refractivity contribution >= 4 is 23.4 Å². The number of rotatable bonds is 10. The SMILES string of the molecule is CNCc1ccc(OC)c(Nc2ncc(C(F)(F)F)c(NCCCN3CCCCC3=O)n2)c1. The number of benzene rings is 1. The number of likely N-dealkylation sites (tertiary alicyclic amines) is 1. The lowest BCUT2D eigenvalue weighted by Crippen LogP contribution is -2.36. The maximum atomic E-state index is 13.5. The number of amides is 1. The third kappa shape index (κ3) is 6.70. The van der Waals surface area contributed by atoms with Crippen LogP contribution in [-0.4, -0.2) is 54.6 Å². The minimum atomic E-state index is -4.60. The molecule has 3 rings (SSSR count). The van der Waals surface area contributed by atoms with Gasteiger partial charge in [0.2, 0.25) is 11.9 Å². The molecule has 2 heterocycles. The Morgan fingerprint density at radius 2 is 2.06 bits per heavy atom. The Balaban J connectivity index is 1.73. The van der Waals surface area contributed by atoms with Crippen LogP contribution in [0, 0.1) is 0 Å². The fraction of sp³-hybridized carbons (Fsp3) is 0.500. The number of hydrogen-bond donors (Lipinski definition) is 3. The summed E-state index contributed by atoms with van der Waals surface area (Å²) < 4.78 is 45.8. The van der Waals surface area contributed by atoms with E-state index in [0.29, 0.717) is 43.9 Å². The zero-order chi connectivity index (χ0) is 23.8. The molecular formula is C22H29F3N6O2. The molecule has 3 N–H and O–H groups in total. The van der Waals surface area contributed by atoms with Crippen molar-refractivity contribution in [1.82, 2.24) is 20.2 Å². The van der Waals surface area contributed by atoms with E-state index in [4.69, 9.17) is 4.74 Å². The number of anilines is 3. The van der Waals surface area contributed by atoms with Crippen LogP contribution in [0.3, 0.4) is 0 Å². The van der Waals surface area contributed by atoms with Crippen LogP contribution in [0.4, 0.5) is 30.6 Å². The van der Waals surface area contributed by atoms with Crippen LogP contribution in [0.5, 0.6) is 5.75 Å². The smallest absolute Gasteiger partial charge is 0.421 e. The fourth-order valence-electron chi connectivity index (χ4n) is 3.65. The Bertz CT molecular complexity index is 954. The first-order valence-corrected chi connectivity index (χ1v) is 10.9. The Kier molecular flexibility index (Phi) is 8.32. The van der Waals surface area contributed by atoms with Crippen LogP contribution in [0.1, 0.15) is 36.8 Å². The molecule has 0 atom stereocenters. The van der Waals surface area contributed by atoms with Gasteiger partial charge < -0.3 is 25.6 Å². The highest BCUT2D eigenvalue weighted by Gasteiger charge is 2.35. The molecule has 0 bridgehead atoms. The van der Waals surface area contributed by atoms with Gasteiger partial charge in [0.25, 0.3) is 0 Å². The first-order chi connectivity index (χ1) is 15.8. The number of halogens is 3. The van der Waals surface area contributed by atoms with Crippen LogP contribution in [0.2, 0.25) is 0 Å². The zero-order valence-corrected chi connectivity index (χ0v) is 18.8. The van der Waals surface area contributed by atoms with E-state index in [-0.39, 0.29) is 24.2 Å². The van der Waals surface area contributed by atoms with E-state index >= 15 is 0 Å². The summed E-state index contributed by atoms with van der Waals surface area (Å²) in [6, 6.07) is 5.47. The van der Waals surface area contributed by atoms with Crippen LogP contribution < -0.4 is 20.7 Å². The lowest BCUT2D eigenvalue weighted by molar-refractivity contribution is -0.137. The molecule has 33 heavy (non-hydrogen) atoms. The van der Waals surface area contributed by atoms with E-state index in [2.05, 4.69) is 25.9 Å². The molecule has 2 aromatic rings. The summed E-state index contributed by atoms with van der Waals surface area (Å²) in [6.07, 6.45) is -0.954. The number of aromatic nitrogens is 2. The molecule has 0 spiro atoms. The molecule has 0 radical (unpaired) electrons. The molecule has 8 nitrogen and oxygen atoms in total. The van der Waals surface area contributed by atoms with Gasteiger partial charge in [0.1, 0.15) is 17.1 Å². The van der Waals surface area contributed by atoms with Crippen LogP contribution >= 0.6 is 0 Å². The minimum Gasteiger partial charge on any atom is -0.495 e. The number of methoxy groups -OCH3 is 1. The molecular weight excluding hydrogens is 437 g/mol. The number of hydrogen-bond acceptors (Lipinski definition) is 7. The van der Waals surface area contributed by atoms with Crippen molar-refractivity contribution in [2.45, 2.75) is 38.4 Å². The summed E-state index contributed by atoms with van der Waals surface area (Å²) in [5, 5.41) is 8.77. The van der Waals surface area contributed by atoms with Gasteiger partial charge in [0.15, 0.2) is 0 Å². The number of carbonyl (C=O) groups is 1. The van der Waals surface area contributed by atoms with Crippen LogP contribution in [-0.2, 0) is 17.5 Å². The standard InChI is InChI=1S/C22H29F3N6O2/c1-26-13-15-7-8-18(33-2)17(12-15)29-21-28-14-16(22(23,24)25)20(30-21)27-9-5-11-31-10-4-3-6-19(31)32/h7-8,12,14,26H,3-6,9-11,13H2,1-2H3,(H2,27,28,29,30). The molecule has 1 aliphatic rings. The van der Waals surface area contributed by atoms with Crippen molar-refractivity contribution in [3.8, 4) is 5.75 Å². The Labute approximate surface area is 190 Å². The number of piperidine rings is 1. The summed E-state index contributed by atoms with van der Waals surface area (Å²) in [5.74, 6) is 0.311. The molecule has 1 aliphatic heterocycles. The van der Waals surface area contributed by atoms with Gasteiger partial charge in [-0.2, -0.15) is 18.2 Å². The molecule has 0 unspecified atom stereocenters. The van der Waals surface area contributed by atoms with E-state index in [1.165, 1.54) is 7.11 Å². The lowest BCUT2D eigenvalue weighted by Gasteiger charge is -2.26. The Hall–Kier alpha value is -3.08. The van der Waals surface area contributed by atoms with Gasteiger partial charge in [-0.05, 0) is 44.0 Å². The normalized spacial score (nSPS) is 14.3. The number of nitrogens with zero attached hydrogens (tertiary/aromatic N) is 3. The van der Waals surface area contributed by atoms with Crippen LogP contribution in [0.15, 0.2) is 24.4 Å². The zero-order valence-electron chi connectivity index (χ0n) is 18.8. The van der Waals surface area contributed by atoms with Gasteiger partial charge in [0, 0.05) is 38.8 Å². The summed E-state index contributed by atoms with van der Waals surface area (Å²) in [7, 11) is 3.32. The summed E-state index contributed by atoms with van der Waals surface area (Å²) >= 11 is 0. The summed E-state index contributed by atoms with van der Waals surface area (Å²) in [6.45, 7) is 2.05. The van der Waals surface area contributed by atoms with Crippen molar-refractivity contribution in [3.63, 3.8) is 0 Å². The Morgan fingerprint density at radius 1 is 1.24 bits per heavy atom. The molecule has 11 heteroatoms. The highest BCUT2D eigenvalue weighted by atomic mass is 19.4. The van der Waals surface area contributed by atoms with Crippen LogP contribution in [0.25, 0.3) is 0 Å². The van der Waals surface area contributed by atoms with E-state index in [9.17, 15) is 18.0 Å². The largest absolute Gasteiger partial charge is 0.495 e. The van der Waals surface area contributed by atoms with Crippen molar-refractivity contribution in [2.24, 2.45) is 0 Å². The number of ether oxygens (including phenoxy) is 1. The van der Waals surface area contributed by atoms with Gasteiger partial charge in [-0.25, -0.2) is 4.98 Å².